The van der Waals surface area contributed by atoms with Crippen molar-refractivity contribution in [2.45, 2.75) is 24.8 Å². The van der Waals surface area contributed by atoms with Gasteiger partial charge in [0.25, 0.3) is 15.9 Å². The Morgan fingerprint density at radius 3 is 2.50 bits per heavy atom. The van der Waals surface area contributed by atoms with Crippen molar-refractivity contribution >= 4 is 15.9 Å². The molecule has 132 valence electrons. The second kappa shape index (κ2) is 6.06. The molecule has 2 aromatic carbocycles. The average Bonchev–Trinajstić information content (AvgIpc) is 3.20. The summed E-state index contributed by atoms with van der Waals surface area (Å²) in [7, 11) is -3.90. The molecular weight excluding hydrogens is 354 g/mol. The fourth-order valence-electron chi connectivity index (χ4n) is 2.84. The van der Waals surface area contributed by atoms with Crippen LogP contribution in [-0.2, 0) is 23.0 Å². The highest BCUT2D eigenvalue weighted by Crippen LogP contribution is 2.31. The van der Waals surface area contributed by atoms with E-state index in [-0.39, 0.29) is 22.9 Å². The number of aromatic nitrogens is 2. The van der Waals surface area contributed by atoms with Gasteiger partial charge in [-0.3, -0.25) is 4.79 Å². The van der Waals surface area contributed by atoms with Crippen LogP contribution < -0.4 is 0 Å². The van der Waals surface area contributed by atoms with E-state index in [2.05, 4.69) is 17.1 Å². The van der Waals surface area contributed by atoms with E-state index in [1.54, 1.807) is 12.1 Å². The molecule has 0 spiro atoms. The number of sulfonamides is 1. The molecule has 4 rings (SSSR count). The second-order valence-corrected chi connectivity index (χ2v) is 7.71. The van der Waals surface area contributed by atoms with Crippen molar-refractivity contribution in [1.82, 2.24) is 14.4 Å². The molecule has 0 unspecified atom stereocenters. The number of hydrogen-bond acceptors (Lipinski definition) is 6. The van der Waals surface area contributed by atoms with Crippen molar-refractivity contribution in [2.24, 2.45) is 0 Å². The van der Waals surface area contributed by atoms with Crippen LogP contribution in [0.3, 0.4) is 0 Å². The molecule has 0 atom stereocenters. The van der Waals surface area contributed by atoms with Gasteiger partial charge in [-0.05, 0) is 24.1 Å². The SMILES string of the molecule is CCc1ccc(-c2noc(CN3C(=O)c4ccccc4S3(=O)=O)n2)cc1. The van der Waals surface area contributed by atoms with Gasteiger partial charge in [-0.1, -0.05) is 48.5 Å². The monoisotopic (exact) mass is 369 g/mol. The van der Waals surface area contributed by atoms with E-state index in [0.29, 0.717) is 5.82 Å². The van der Waals surface area contributed by atoms with E-state index in [9.17, 15) is 13.2 Å². The number of nitrogens with zero attached hydrogens (tertiary/aromatic N) is 3. The predicted molar refractivity (Wildman–Crippen MR) is 92.6 cm³/mol. The van der Waals surface area contributed by atoms with Crippen LogP contribution in [0.5, 0.6) is 0 Å². The zero-order valence-corrected chi connectivity index (χ0v) is 14.7. The Kier molecular flexibility index (Phi) is 3.84. The summed E-state index contributed by atoms with van der Waals surface area (Å²) in [6, 6.07) is 13.8. The van der Waals surface area contributed by atoms with E-state index in [1.807, 2.05) is 24.3 Å². The zero-order chi connectivity index (χ0) is 18.3. The molecule has 0 radical (unpaired) electrons. The number of carbonyl (C=O) groups excluding carboxylic acids is 1. The summed E-state index contributed by atoms with van der Waals surface area (Å²) in [5.41, 5.74) is 2.10. The third kappa shape index (κ3) is 2.59. The third-order valence-corrected chi connectivity index (χ3v) is 6.07. The Bertz CT molecular complexity index is 1090. The quantitative estimate of drug-likeness (QED) is 0.702. The predicted octanol–water partition coefficient (Wildman–Crippen LogP) is 2.64. The van der Waals surface area contributed by atoms with Crippen molar-refractivity contribution < 1.29 is 17.7 Å². The molecule has 26 heavy (non-hydrogen) atoms. The van der Waals surface area contributed by atoms with Crippen molar-refractivity contribution in [3.8, 4) is 11.4 Å². The lowest BCUT2D eigenvalue weighted by Gasteiger charge is -2.11. The molecule has 3 aromatic rings. The minimum absolute atomic E-state index is 0.0000989. The Balaban J connectivity index is 1.61. The summed E-state index contributed by atoms with van der Waals surface area (Å²) >= 11 is 0. The lowest BCUT2D eigenvalue weighted by atomic mass is 10.1. The molecule has 1 amide bonds. The number of benzene rings is 2. The topological polar surface area (TPSA) is 93.4 Å². The van der Waals surface area contributed by atoms with Crippen LogP contribution in [0, 0.1) is 0 Å². The lowest BCUT2D eigenvalue weighted by molar-refractivity contribution is 0.0855. The molecule has 1 aliphatic rings. The molecule has 0 fully saturated rings. The van der Waals surface area contributed by atoms with E-state index in [0.717, 1.165) is 16.3 Å². The number of hydrogen-bond donors (Lipinski definition) is 0. The molecule has 0 bridgehead atoms. The van der Waals surface area contributed by atoms with Crippen molar-refractivity contribution in [3.63, 3.8) is 0 Å². The Hall–Kier alpha value is -3.00. The van der Waals surface area contributed by atoms with Gasteiger partial charge in [-0.2, -0.15) is 4.98 Å². The smallest absolute Gasteiger partial charge is 0.269 e. The number of fused-ring (bicyclic) bond motifs is 1. The van der Waals surface area contributed by atoms with E-state index < -0.39 is 15.9 Å². The molecule has 1 aromatic heterocycles. The minimum Gasteiger partial charge on any atom is -0.337 e. The van der Waals surface area contributed by atoms with Crippen LogP contribution in [0.1, 0.15) is 28.7 Å². The zero-order valence-electron chi connectivity index (χ0n) is 13.9. The van der Waals surface area contributed by atoms with Gasteiger partial charge < -0.3 is 4.52 Å². The van der Waals surface area contributed by atoms with Crippen LogP contribution in [-0.4, -0.2) is 28.8 Å². The highest BCUT2D eigenvalue weighted by Gasteiger charge is 2.41. The van der Waals surface area contributed by atoms with Gasteiger partial charge in [0.1, 0.15) is 11.4 Å². The minimum atomic E-state index is -3.90. The fourth-order valence-corrected chi connectivity index (χ4v) is 4.35. The third-order valence-electron chi connectivity index (χ3n) is 4.28. The summed E-state index contributed by atoms with van der Waals surface area (Å²) in [4.78, 5) is 16.6. The molecule has 2 heterocycles. The maximum atomic E-state index is 12.6. The van der Waals surface area contributed by atoms with E-state index >= 15 is 0 Å². The van der Waals surface area contributed by atoms with Crippen LogP contribution in [0.2, 0.25) is 0 Å². The molecule has 0 N–H and O–H groups in total. The first-order valence-corrected chi connectivity index (χ1v) is 9.52. The first-order valence-electron chi connectivity index (χ1n) is 8.08. The fraction of sp³-hybridized carbons (Fsp3) is 0.167. The number of carbonyl (C=O) groups is 1. The van der Waals surface area contributed by atoms with Gasteiger partial charge in [0.2, 0.25) is 11.7 Å². The van der Waals surface area contributed by atoms with Crippen LogP contribution in [0.15, 0.2) is 57.9 Å². The normalized spacial score (nSPS) is 15.3. The summed E-state index contributed by atoms with van der Waals surface area (Å²) in [6.45, 7) is 1.77. The van der Waals surface area contributed by atoms with Gasteiger partial charge in [-0.25, -0.2) is 12.7 Å². The summed E-state index contributed by atoms with van der Waals surface area (Å²) in [5.74, 6) is -0.179. The van der Waals surface area contributed by atoms with Gasteiger partial charge in [0, 0.05) is 5.56 Å². The number of amides is 1. The second-order valence-electron chi connectivity index (χ2n) is 5.88. The van der Waals surface area contributed by atoms with Crippen molar-refractivity contribution in [3.05, 3.63) is 65.5 Å². The average molecular weight is 369 g/mol. The Labute approximate surface area is 150 Å². The molecule has 0 saturated carbocycles. The molecule has 8 heteroatoms. The van der Waals surface area contributed by atoms with Gasteiger partial charge >= 0.3 is 0 Å². The summed E-state index contributed by atoms with van der Waals surface area (Å²) in [5, 5.41) is 3.89. The largest absolute Gasteiger partial charge is 0.337 e. The molecular formula is C18H15N3O4S. The molecule has 1 aliphatic heterocycles. The Morgan fingerprint density at radius 1 is 1.08 bits per heavy atom. The maximum Gasteiger partial charge on any atom is 0.269 e. The van der Waals surface area contributed by atoms with Crippen molar-refractivity contribution in [1.29, 1.82) is 0 Å². The Morgan fingerprint density at radius 2 is 1.81 bits per heavy atom. The summed E-state index contributed by atoms with van der Waals surface area (Å²) in [6.07, 6.45) is 0.924. The van der Waals surface area contributed by atoms with Gasteiger partial charge in [0.15, 0.2) is 0 Å². The maximum absolute atomic E-state index is 12.6. The highest BCUT2D eigenvalue weighted by molar-refractivity contribution is 7.90. The van der Waals surface area contributed by atoms with Gasteiger partial charge in [-0.15, -0.1) is 0 Å². The van der Waals surface area contributed by atoms with Crippen LogP contribution in [0.25, 0.3) is 11.4 Å². The number of aryl methyl sites for hydroxylation is 1. The summed E-state index contributed by atoms with van der Waals surface area (Å²) < 4.78 is 31.0. The van der Waals surface area contributed by atoms with Crippen LogP contribution >= 0.6 is 0 Å². The molecule has 0 saturated heterocycles. The molecule has 7 nitrogen and oxygen atoms in total. The van der Waals surface area contributed by atoms with E-state index in [4.69, 9.17) is 4.52 Å². The highest BCUT2D eigenvalue weighted by atomic mass is 32.2. The molecule has 0 aliphatic carbocycles. The van der Waals surface area contributed by atoms with E-state index in [1.165, 1.54) is 17.7 Å². The first-order chi connectivity index (χ1) is 12.5. The number of rotatable bonds is 4. The lowest BCUT2D eigenvalue weighted by Crippen LogP contribution is -2.29. The first kappa shape index (κ1) is 16.5. The van der Waals surface area contributed by atoms with Crippen LogP contribution in [0.4, 0.5) is 0 Å². The van der Waals surface area contributed by atoms with Crippen molar-refractivity contribution in [2.75, 3.05) is 0 Å². The van der Waals surface area contributed by atoms with Gasteiger partial charge in [0.05, 0.1) is 5.56 Å². The standard InChI is InChI=1S/C18H15N3O4S/c1-2-12-7-9-13(10-8-12)17-19-16(25-20-17)11-21-18(22)14-5-3-4-6-15(14)26(21,23)24/h3-10H,2,11H2,1H3.